The van der Waals surface area contributed by atoms with E-state index in [9.17, 15) is 26.7 Å². The van der Waals surface area contributed by atoms with E-state index in [1.807, 2.05) is 6.92 Å². The van der Waals surface area contributed by atoms with Crippen LogP contribution in [0.25, 0.3) is 0 Å². The molecule has 1 fully saturated rings. The highest BCUT2D eigenvalue weighted by Gasteiger charge is 2.51. The highest BCUT2D eigenvalue weighted by Crippen LogP contribution is 2.38. The first-order chi connectivity index (χ1) is 10.5. The van der Waals surface area contributed by atoms with Crippen LogP contribution in [0.1, 0.15) is 38.7 Å². The molecule has 1 aromatic carbocycles. The number of piperidine rings is 1. The second kappa shape index (κ2) is 6.07. The van der Waals surface area contributed by atoms with Gasteiger partial charge in [-0.2, -0.15) is 17.5 Å². The summed E-state index contributed by atoms with van der Waals surface area (Å²) in [6.07, 6.45) is -2.35. The molecule has 1 N–H and O–H groups in total. The van der Waals surface area contributed by atoms with Crippen LogP contribution in [0.2, 0.25) is 0 Å². The van der Waals surface area contributed by atoms with Gasteiger partial charge in [0.2, 0.25) is 10.0 Å². The highest BCUT2D eigenvalue weighted by molar-refractivity contribution is 7.89. The molecule has 1 aliphatic rings. The lowest BCUT2D eigenvalue weighted by molar-refractivity contribution is -0.258. The van der Waals surface area contributed by atoms with E-state index >= 15 is 0 Å². The molecule has 23 heavy (non-hydrogen) atoms. The molecule has 2 atom stereocenters. The van der Waals surface area contributed by atoms with Crippen LogP contribution >= 0.6 is 0 Å². The zero-order valence-corrected chi connectivity index (χ0v) is 13.8. The third-order valence-corrected chi connectivity index (χ3v) is 6.34. The SMILES string of the molecule is C[C@@H]1CCCCN1S(=O)(=O)c1ccc(C(C)(O)C(F)(F)F)cc1. The third kappa shape index (κ3) is 3.39. The Labute approximate surface area is 134 Å². The molecule has 0 saturated carbocycles. The van der Waals surface area contributed by atoms with Crippen molar-refractivity contribution in [1.82, 2.24) is 4.31 Å². The Morgan fingerprint density at radius 1 is 1.17 bits per heavy atom. The molecule has 0 aliphatic carbocycles. The van der Waals surface area contributed by atoms with Crippen LogP contribution in [0.3, 0.4) is 0 Å². The topological polar surface area (TPSA) is 57.6 Å². The van der Waals surface area contributed by atoms with E-state index in [1.165, 1.54) is 4.31 Å². The number of sulfonamides is 1. The molecule has 8 heteroatoms. The van der Waals surface area contributed by atoms with E-state index < -0.39 is 27.4 Å². The fourth-order valence-electron chi connectivity index (χ4n) is 2.68. The van der Waals surface area contributed by atoms with E-state index in [1.54, 1.807) is 0 Å². The van der Waals surface area contributed by atoms with E-state index in [0.29, 0.717) is 13.5 Å². The van der Waals surface area contributed by atoms with Crippen molar-refractivity contribution in [2.75, 3.05) is 6.54 Å². The maximum Gasteiger partial charge on any atom is 0.421 e. The average Bonchev–Trinajstić information content (AvgIpc) is 2.46. The minimum Gasteiger partial charge on any atom is -0.376 e. The van der Waals surface area contributed by atoms with E-state index in [2.05, 4.69) is 0 Å². The monoisotopic (exact) mass is 351 g/mol. The zero-order chi connectivity index (χ0) is 17.5. The highest BCUT2D eigenvalue weighted by atomic mass is 32.2. The first kappa shape index (κ1) is 18.2. The molecule has 1 aromatic rings. The molecule has 0 spiro atoms. The molecule has 4 nitrogen and oxygen atoms in total. The van der Waals surface area contributed by atoms with Crippen molar-refractivity contribution in [3.8, 4) is 0 Å². The molecule has 2 rings (SSSR count). The van der Waals surface area contributed by atoms with Crippen molar-refractivity contribution in [2.45, 2.75) is 55.8 Å². The van der Waals surface area contributed by atoms with Crippen LogP contribution in [-0.2, 0) is 15.6 Å². The van der Waals surface area contributed by atoms with Crippen molar-refractivity contribution in [3.05, 3.63) is 29.8 Å². The quantitative estimate of drug-likeness (QED) is 0.911. The summed E-state index contributed by atoms with van der Waals surface area (Å²) in [5, 5.41) is 9.62. The number of aliphatic hydroxyl groups is 1. The molecule has 1 heterocycles. The molecule has 1 saturated heterocycles. The Morgan fingerprint density at radius 3 is 2.22 bits per heavy atom. The van der Waals surface area contributed by atoms with Crippen LogP contribution < -0.4 is 0 Å². The van der Waals surface area contributed by atoms with Crippen molar-refractivity contribution < 1.29 is 26.7 Å². The average molecular weight is 351 g/mol. The normalized spacial score (nSPS) is 23.5. The van der Waals surface area contributed by atoms with Gasteiger partial charge in [0.15, 0.2) is 5.60 Å². The number of alkyl halides is 3. The van der Waals surface area contributed by atoms with Gasteiger partial charge in [-0.1, -0.05) is 18.6 Å². The maximum absolute atomic E-state index is 12.8. The van der Waals surface area contributed by atoms with Gasteiger partial charge in [-0.05, 0) is 44.4 Å². The maximum atomic E-state index is 12.8. The molecule has 0 bridgehead atoms. The Balaban J connectivity index is 2.32. The van der Waals surface area contributed by atoms with Crippen LogP contribution in [0.5, 0.6) is 0 Å². The van der Waals surface area contributed by atoms with Gasteiger partial charge in [0.05, 0.1) is 4.90 Å². The zero-order valence-electron chi connectivity index (χ0n) is 13.0. The number of nitrogens with zero attached hydrogens (tertiary/aromatic N) is 1. The molecule has 0 radical (unpaired) electrons. The van der Waals surface area contributed by atoms with Crippen molar-refractivity contribution in [2.24, 2.45) is 0 Å². The molecule has 1 unspecified atom stereocenters. The van der Waals surface area contributed by atoms with Crippen LogP contribution in [0, 0.1) is 0 Å². The number of benzene rings is 1. The third-order valence-electron chi connectivity index (χ3n) is 4.32. The minimum atomic E-state index is -4.84. The van der Waals surface area contributed by atoms with Crippen molar-refractivity contribution in [1.29, 1.82) is 0 Å². The van der Waals surface area contributed by atoms with Crippen LogP contribution in [-0.4, -0.2) is 36.6 Å². The largest absolute Gasteiger partial charge is 0.421 e. The van der Waals surface area contributed by atoms with Crippen LogP contribution in [0.15, 0.2) is 29.2 Å². The lowest BCUT2D eigenvalue weighted by Gasteiger charge is -2.32. The number of halogens is 3. The summed E-state index contributed by atoms with van der Waals surface area (Å²) < 4.78 is 65.0. The van der Waals surface area contributed by atoms with E-state index in [0.717, 1.165) is 43.5 Å². The Hall–Kier alpha value is -1.12. The van der Waals surface area contributed by atoms with Crippen molar-refractivity contribution >= 4 is 10.0 Å². The first-order valence-corrected chi connectivity index (χ1v) is 8.83. The lowest BCUT2D eigenvalue weighted by atomic mass is 9.96. The standard InChI is InChI=1S/C15H20F3NO3S/c1-11-5-3-4-10-19(11)23(21,22)13-8-6-12(7-9-13)14(2,20)15(16,17)18/h6-9,11,20H,3-5,10H2,1-2H3/t11-,14?/m1/s1. The van der Waals surface area contributed by atoms with Gasteiger partial charge in [0.1, 0.15) is 0 Å². The summed E-state index contributed by atoms with van der Waals surface area (Å²) in [7, 11) is -3.74. The summed E-state index contributed by atoms with van der Waals surface area (Å²) >= 11 is 0. The second-order valence-corrected chi connectivity index (χ2v) is 7.95. The van der Waals surface area contributed by atoms with E-state index in [4.69, 9.17) is 0 Å². The lowest BCUT2D eigenvalue weighted by Crippen LogP contribution is -2.42. The minimum absolute atomic E-state index is 0.0621. The van der Waals surface area contributed by atoms with Gasteiger partial charge in [-0.25, -0.2) is 8.42 Å². The Morgan fingerprint density at radius 2 is 1.74 bits per heavy atom. The molecule has 1 aliphatic heterocycles. The van der Waals surface area contributed by atoms with Gasteiger partial charge in [0, 0.05) is 12.6 Å². The summed E-state index contributed by atoms with van der Waals surface area (Å²) in [6, 6.07) is 4.12. The molecular weight excluding hydrogens is 331 g/mol. The van der Waals surface area contributed by atoms with Crippen LogP contribution in [0.4, 0.5) is 13.2 Å². The predicted molar refractivity (Wildman–Crippen MR) is 79.3 cm³/mol. The van der Waals surface area contributed by atoms with Gasteiger partial charge in [0.25, 0.3) is 0 Å². The summed E-state index contributed by atoms with van der Waals surface area (Å²) in [4.78, 5) is -0.0621. The fourth-order valence-corrected chi connectivity index (χ4v) is 4.38. The van der Waals surface area contributed by atoms with Gasteiger partial charge in [-0.3, -0.25) is 0 Å². The fraction of sp³-hybridized carbons (Fsp3) is 0.600. The number of hydrogen-bond donors (Lipinski definition) is 1. The molecular formula is C15H20F3NO3S. The predicted octanol–water partition coefficient (Wildman–Crippen LogP) is 3.02. The van der Waals surface area contributed by atoms with Gasteiger partial charge < -0.3 is 5.11 Å². The first-order valence-electron chi connectivity index (χ1n) is 7.39. The van der Waals surface area contributed by atoms with E-state index in [-0.39, 0.29) is 10.9 Å². The van der Waals surface area contributed by atoms with Gasteiger partial charge in [-0.15, -0.1) is 0 Å². The second-order valence-electron chi connectivity index (χ2n) is 6.05. The summed E-state index contributed by atoms with van der Waals surface area (Å²) in [5.74, 6) is 0. The smallest absolute Gasteiger partial charge is 0.376 e. The molecule has 130 valence electrons. The number of hydrogen-bond acceptors (Lipinski definition) is 3. The van der Waals surface area contributed by atoms with Crippen molar-refractivity contribution in [3.63, 3.8) is 0 Å². The Bertz CT molecular complexity index is 654. The van der Waals surface area contributed by atoms with Gasteiger partial charge >= 0.3 is 6.18 Å². The summed E-state index contributed by atoms with van der Waals surface area (Å²) in [6.45, 7) is 2.87. The molecule has 0 amide bonds. The number of rotatable bonds is 3. The summed E-state index contributed by atoms with van der Waals surface area (Å²) in [5.41, 5.74) is -3.41. The molecule has 0 aromatic heterocycles. The Kier molecular flexibility index (Phi) is 4.81.